The van der Waals surface area contributed by atoms with E-state index in [0.29, 0.717) is 17.7 Å². The van der Waals surface area contributed by atoms with E-state index in [-0.39, 0.29) is 11.9 Å². The van der Waals surface area contributed by atoms with Gasteiger partial charge in [0.05, 0.1) is 0 Å². The molecule has 2 rings (SSSR count). The lowest BCUT2D eigenvalue weighted by Gasteiger charge is -2.21. The first-order valence-electron chi connectivity index (χ1n) is 5.64. The summed E-state index contributed by atoms with van der Waals surface area (Å²) in [6.07, 6.45) is 3.04. The Kier molecular flexibility index (Phi) is 3.54. The third kappa shape index (κ3) is 2.60. The summed E-state index contributed by atoms with van der Waals surface area (Å²) in [5.41, 5.74) is 0.584. The minimum Gasteiger partial charge on any atom is -0.483 e. The Morgan fingerprint density at radius 1 is 1.38 bits per heavy atom. The van der Waals surface area contributed by atoms with Gasteiger partial charge in [-0.05, 0) is 37.0 Å². The normalized spacial score (nSPS) is 20.8. The Hall–Kier alpha value is -1.38. The molecule has 0 aromatic heterocycles. The van der Waals surface area contributed by atoms with Crippen LogP contribution in [-0.2, 0) is 11.5 Å². The maximum Gasteiger partial charge on any atom is 0.173 e. The van der Waals surface area contributed by atoms with E-state index >= 15 is 0 Å². The van der Waals surface area contributed by atoms with Crippen LogP contribution in [0.4, 0.5) is 4.39 Å². The molecule has 0 heterocycles. The molecule has 0 spiro atoms. The van der Waals surface area contributed by atoms with Crippen molar-refractivity contribution in [1.29, 1.82) is 0 Å². The summed E-state index contributed by atoms with van der Waals surface area (Å²) in [5.74, 6) is 0.757. The number of carbonyl (C=O) groups is 1. The van der Waals surface area contributed by atoms with E-state index in [1.807, 2.05) is 0 Å². The predicted octanol–water partition coefficient (Wildman–Crippen LogP) is 3.05. The molecule has 86 valence electrons. The van der Waals surface area contributed by atoms with Crippen molar-refractivity contribution in [3.63, 3.8) is 0 Å². The van der Waals surface area contributed by atoms with E-state index in [1.165, 1.54) is 0 Å². The highest BCUT2D eigenvalue weighted by Gasteiger charge is 2.23. The maximum atomic E-state index is 12.4. The average molecular weight is 222 g/mol. The van der Waals surface area contributed by atoms with Gasteiger partial charge in [0.2, 0.25) is 0 Å². The summed E-state index contributed by atoms with van der Waals surface area (Å²) in [7, 11) is 0. The van der Waals surface area contributed by atoms with Crippen LogP contribution >= 0.6 is 0 Å². The smallest absolute Gasteiger partial charge is 0.173 e. The van der Waals surface area contributed by atoms with Crippen LogP contribution in [0.3, 0.4) is 0 Å². The first-order valence-corrected chi connectivity index (χ1v) is 5.64. The molecule has 1 unspecified atom stereocenters. The largest absolute Gasteiger partial charge is 0.483 e. The molecule has 1 aliphatic rings. The third-order valence-electron chi connectivity index (χ3n) is 2.83. The van der Waals surface area contributed by atoms with Gasteiger partial charge in [0.25, 0.3) is 0 Å². The molecule has 1 fully saturated rings. The Balaban J connectivity index is 2.04. The van der Waals surface area contributed by atoms with Crippen molar-refractivity contribution >= 4 is 5.78 Å². The highest BCUT2D eigenvalue weighted by atomic mass is 19.1. The lowest BCUT2D eigenvalue weighted by Crippen LogP contribution is -2.30. The molecule has 0 aliphatic heterocycles. The van der Waals surface area contributed by atoms with Gasteiger partial charge in [-0.2, -0.15) is 0 Å². The summed E-state index contributed by atoms with van der Waals surface area (Å²) >= 11 is 0. The van der Waals surface area contributed by atoms with E-state index in [9.17, 15) is 9.18 Å². The summed E-state index contributed by atoms with van der Waals surface area (Å²) in [4.78, 5) is 11.6. The number of ether oxygens (including phenoxy) is 1. The van der Waals surface area contributed by atoms with Crippen molar-refractivity contribution in [3.8, 4) is 5.75 Å². The molecule has 1 atom stereocenters. The Morgan fingerprint density at radius 2 is 2.25 bits per heavy atom. The highest BCUT2D eigenvalue weighted by Crippen LogP contribution is 2.22. The fraction of sp³-hybridized carbons (Fsp3) is 0.462. The van der Waals surface area contributed by atoms with Crippen LogP contribution in [0.5, 0.6) is 5.75 Å². The molecular formula is C13H15FO2. The average Bonchev–Trinajstić information content (AvgIpc) is 2.32. The van der Waals surface area contributed by atoms with E-state index in [2.05, 4.69) is 0 Å². The minimum atomic E-state index is -0.504. The van der Waals surface area contributed by atoms with Crippen molar-refractivity contribution < 1.29 is 13.9 Å². The second kappa shape index (κ2) is 5.10. The van der Waals surface area contributed by atoms with Gasteiger partial charge in [-0.15, -0.1) is 0 Å². The fourth-order valence-electron chi connectivity index (χ4n) is 1.94. The standard InChI is InChI=1S/C13H15FO2/c14-9-10-4-3-5-11(8-10)16-13-7-2-1-6-12(13)15/h3-5,8,13H,1-2,6-7,9H2. The third-order valence-corrected chi connectivity index (χ3v) is 2.83. The molecule has 3 heteroatoms. The van der Waals surface area contributed by atoms with Gasteiger partial charge in [-0.1, -0.05) is 12.1 Å². The summed E-state index contributed by atoms with van der Waals surface area (Å²) < 4.78 is 18.0. The van der Waals surface area contributed by atoms with Gasteiger partial charge in [-0.3, -0.25) is 4.79 Å². The molecule has 0 bridgehead atoms. The molecule has 1 saturated carbocycles. The first-order chi connectivity index (χ1) is 7.79. The van der Waals surface area contributed by atoms with Crippen LogP contribution in [0.25, 0.3) is 0 Å². The summed E-state index contributed by atoms with van der Waals surface area (Å²) in [6, 6.07) is 6.87. The minimum absolute atomic E-state index is 0.164. The monoisotopic (exact) mass is 222 g/mol. The molecule has 1 aromatic carbocycles. The zero-order valence-corrected chi connectivity index (χ0v) is 9.12. The Bertz CT molecular complexity index is 376. The second-order valence-electron chi connectivity index (χ2n) is 4.10. The Labute approximate surface area is 94.4 Å². The van der Waals surface area contributed by atoms with E-state index in [4.69, 9.17) is 4.74 Å². The molecule has 16 heavy (non-hydrogen) atoms. The van der Waals surface area contributed by atoms with Gasteiger partial charge in [0.15, 0.2) is 11.9 Å². The van der Waals surface area contributed by atoms with Crippen molar-refractivity contribution in [2.45, 2.75) is 38.5 Å². The number of benzene rings is 1. The number of alkyl halides is 1. The number of ketones is 1. The van der Waals surface area contributed by atoms with Crippen LogP contribution in [0.15, 0.2) is 24.3 Å². The van der Waals surface area contributed by atoms with Crippen LogP contribution in [0.2, 0.25) is 0 Å². The lowest BCUT2D eigenvalue weighted by molar-refractivity contribution is -0.127. The quantitative estimate of drug-likeness (QED) is 0.785. The lowest BCUT2D eigenvalue weighted by atomic mass is 9.96. The topological polar surface area (TPSA) is 26.3 Å². The van der Waals surface area contributed by atoms with Gasteiger partial charge in [-0.25, -0.2) is 4.39 Å². The van der Waals surface area contributed by atoms with Crippen LogP contribution in [0, 0.1) is 0 Å². The number of halogens is 1. The van der Waals surface area contributed by atoms with Gasteiger partial charge in [0, 0.05) is 6.42 Å². The molecule has 0 radical (unpaired) electrons. The van der Waals surface area contributed by atoms with Gasteiger partial charge in [0.1, 0.15) is 12.4 Å². The zero-order chi connectivity index (χ0) is 11.4. The molecule has 0 amide bonds. The molecule has 0 N–H and O–H groups in total. The Morgan fingerprint density at radius 3 is 3.00 bits per heavy atom. The number of rotatable bonds is 3. The van der Waals surface area contributed by atoms with Gasteiger partial charge < -0.3 is 4.74 Å². The van der Waals surface area contributed by atoms with Crippen molar-refractivity contribution in [2.24, 2.45) is 0 Å². The van der Waals surface area contributed by atoms with Gasteiger partial charge >= 0.3 is 0 Å². The van der Waals surface area contributed by atoms with E-state index in [0.717, 1.165) is 19.3 Å². The highest BCUT2D eigenvalue weighted by molar-refractivity contribution is 5.84. The number of Topliss-reactive ketones (excluding diaryl/α,β-unsaturated/α-hetero) is 1. The molecule has 2 nitrogen and oxygen atoms in total. The summed E-state index contributed by atoms with van der Waals surface area (Å²) in [5, 5.41) is 0. The molecular weight excluding hydrogens is 207 g/mol. The zero-order valence-electron chi connectivity index (χ0n) is 9.12. The van der Waals surface area contributed by atoms with Crippen LogP contribution in [0.1, 0.15) is 31.2 Å². The SMILES string of the molecule is O=C1CCCCC1Oc1cccc(CF)c1. The maximum absolute atomic E-state index is 12.4. The van der Waals surface area contributed by atoms with E-state index in [1.54, 1.807) is 24.3 Å². The van der Waals surface area contributed by atoms with Crippen molar-refractivity contribution in [3.05, 3.63) is 29.8 Å². The van der Waals surface area contributed by atoms with E-state index < -0.39 is 6.67 Å². The summed E-state index contributed by atoms with van der Waals surface area (Å²) in [6.45, 7) is -0.504. The first kappa shape index (κ1) is 11.1. The fourth-order valence-corrected chi connectivity index (χ4v) is 1.94. The number of hydrogen-bond donors (Lipinski definition) is 0. The van der Waals surface area contributed by atoms with Crippen molar-refractivity contribution in [1.82, 2.24) is 0 Å². The van der Waals surface area contributed by atoms with Crippen LogP contribution < -0.4 is 4.74 Å². The number of carbonyl (C=O) groups excluding carboxylic acids is 1. The second-order valence-corrected chi connectivity index (χ2v) is 4.10. The molecule has 0 saturated heterocycles. The van der Waals surface area contributed by atoms with Crippen molar-refractivity contribution in [2.75, 3.05) is 0 Å². The molecule has 1 aromatic rings. The number of hydrogen-bond acceptors (Lipinski definition) is 2. The van der Waals surface area contributed by atoms with Crippen LogP contribution in [-0.4, -0.2) is 11.9 Å². The molecule has 1 aliphatic carbocycles. The predicted molar refractivity (Wildman–Crippen MR) is 59.1 cm³/mol.